The fourth-order valence-corrected chi connectivity index (χ4v) is 1.55. The fourth-order valence-electron chi connectivity index (χ4n) is 1.55. The number of nitrogens with zero attached hydrogens (tertiary/aromatic N) is 2. The van der Waals surface area contributed by atoms with Crippen LogP contribution in [0.25, 0.3) is 11.5 Å². The van der Waals surface area contributed by atoms with Gasteiger partial charge in [0.2, 0.25) is 5.95 Å². The van der Waals surface area contributed by atoms with Crippen molar-refractivity contribution in [1.29, 1.82) is 0 Å². The van der Waals surface area contributed by atoms with Gasteiger partial charge in [-0.3, -0.25) is 0 Å². The first-order valence-electron chi connectivity index (χ1n) is 5.48. The molecule has 1 fully saturated rings. The maximum Gasteiger partial charge on any atom is 0.223 e. The Balaban J connectivity index is 1.88. The van der Waals surface area contributed by atoms with Gasteiger partial charge in [0.25, 0.3) is 0 Å². The molecule has 2 heterocycles. The molecule has 0 saturated heterocycles. The number of furan rings is 1. The Hall–Kier alpha value is -1.84. The Labute approximate surface area is 93.7 Å². The molecule has 0 amide bonds. The maximum absolute atomic E-state index is 5.53. The standard InChI is InChI=1S/C12H13N3O/c1-8-2-5-11(16-8)10-6-7-13-12(15-10)14-9-3-4-9/h2,5-7,9H,3-4H2,1H3,(H,13,14,15). The van der Waals surface area contributed by atoms with Crippen LogP contribution in [0, 0.1) is 6.92 Å². The lowest BCUT2D eigenvalue weighted by Gasteiger charge is -2.03. The Kier molecular flexibility index (Phi) is 2.13. The van der Waals surface area contributed by atoms with Crippen LogP contribution in [0.3, 0.4) is 0 Å². The molecule has 2 aromatic heterocycles. The minimum Gasteiger partial charge on any atom is -0.460 e. The van der Waals surface area contributed by atoms with Crippen molar-refractivity contribution in [1.82, 2.24) is 9.97 Å². The van der Waals surface area contributed by atoms with Crippen LogP contribution >= 0.6 is 0 Å². The first-order chi connectivity index (χ1) is 7.81. The lowest BCUT2D eigenvalue weighted by atomic mass is 10.3. The third-order valence-corrected chi connectivity index (χ3v) is 2.56. The van der Waals surface area contributed by atoms with Gasteiger partial charge in [-0.15, -0.1) is 0 Å². The third kappa shape index (κ3) is 1.91. The molecular weight excluding hydrogens is 202 g/mol. The lowest BCUT2D eigenvalue weighted by Crippen LogP contribution is -2.05. The highest BCUT2D eigenvalue weighted by Crippen LogP contribution is 2.24. The van der Waals surface area contributed by atoms with Crippen molar-refractivity contribution in [2.24, 2.45) is 0 Å². The first-order valence-corrected chi connectivity index (χ1v) is 5.48. The second-order valence-corrected chi connectivity index (χ2v) is 4.09. The van der Waals surface area contributed by atoms with Gasteiger partial charge in [0.15, 0.2) is 5.76 Å². The molecule has 4 nitrogen and oxygen atoms in total. The lowest BCUT2D eigenvalue weighted by molar-refractivity contribution is 0.546. The quantitative estimate of drug-likeness (QED) is 0.855. The van der Waals surface area contributed by atoms with Crippen molar-refractivity contribution in [3.63, 3.8) is 0 Å². The number of nitrogens with one attached hydrogen (secondary N) is 1. The van der Waals surface area contributed by atoms with Crippen LogP contribution in [-0.2, 0) is 0 Å². The highest BCUT2D eigenvalue weighted by Gasteiger charge is 2.22. The summed E-state index contributed by atoms with van der Waals surface area (Å²) < 4.78 is 5.53. The van der Waals surface area contributed by atoms with E-state index in [2.05, 4.69) is 15.3 Å². The summed E-state index contributed by atoms with van der Waals surface area (Å²) in [6.07, 6.45) is 4.19. The summed E-state index contributed by atoms with van der Waals surface area (Å²) in [5.41, 5.74) is 0.825. The highest BCUT2D eigenvalue weighted by molar-refractivity contribution is 5.53. The highest BCUT2D eigenvalue weighted by atomic mass is 16.3. The number of hydrogen-bond donors (Lipinski definition) is 1. The molecule has 16 heavy (non-hydrogen) atoms. The fraction of sp³-hybridized carbons (Fsp3) is 0.333. The second-order valence-electron chi connectivity index (χ2n) is 4.09. The topological polar surface area (TPSA) is 51.0 Å². The number of aryl methyl sites for hydroxylation is 1. The van der Waals surface area contributed by atoms with Gasteiger partial charge in [-0.2, -0.15) is 0 Å². The van der Waals surface area contributed by atoms with Crippen molar-refractivity contribution in [2.45, 2.75) is 25.8 Å². The molecule has 4 heteroatoms. The van der Waals surface area contributed by atoms with E-state index in [1.807, 2.05) is 25.1 Å². The van der Waals surface area contributed by atoms with E-state index in [1.54, 1.807) is 6.20 Å². The van der Waals surface area contributed by atoms with E-state index < -0.39 is 0 Å². The Bertz CT molecular complexity index is 502. The molecule has 3 rings (SSSR count). The molecule has 1 aliphatic rings. The minimum atomic E-state index is 0.564. The number of aromatic nitrogens is 2. The summed E-state index contributed by atoms with van der Waals surface area (Å²) >= 11 is 0. The van der Waals surface area contributed by atoms with Crippen LogP contribution in [0.1, 0.15) is 18.6 Å². The van der Waals surface area contributed by atoms with Gasteiger partial charge < -0.3 is 9.73 Å². The molecule has 0 aromatic carbocycles. The van der Waals surface area contributed by atoms with Crippen molar-refractivity contribution >= 4 is 5.95 Å². The normalized spacial score (nSPS) is 15.1. The minimum absolute atomic E-state index is 0.564. The van der Waals surface area contributed by atoms with Crippen molar-refractivity contribution in [3.8, 4) is 11.5 Å². The van der Waals surface area contributed by atoms with Gasteiger partial charge in [-0.1, -0.05) is 0 Å². The Morgan fingerprint density at radius 3 is 2.88 bits per heavy atom. The summed E-state index contributed by atoms with van der Waals surface area (Å²) in [5.74, 6) is 2.37. The molecule has 82 valence electrons. The average molecular weight is 215 g/mol. The van der Waals surface area contributed by atoms with E-state index >= 15 is 0 Å². The summed E-state index contributed by atoms with van der Waals surface area (Å²) in [7, 11) is 0. The van der Waals surface area contributed by atoms with Crippen molar-refractivity contribution < 1.29 is 4.42 Å². The van der Waals surface area contributed by atoms with Gasteiger partial charge in [0.05, 0.1) is 0 Å². The zero-order chi connectivity index (χ0) is 11.0. The Morgan fingerprint density at radius 1 is 1.31 bits per heavy atom. The van der Waals surface area contributed by atoms with Crippen LogP contribution in [0.15, 0.2) is 28.8 Å². The predicted molar refractivity (Wildman–Crippen MR) is 61.1 cm³/mol. The van der Waals surface area contributed by atoms with E-state index in [0.717, 1.165) is 17.2 Å². The molecule has 1 saturated carbocycles. The summed E-state index contributed by atoms with van der Waals surface area (Å²) in [6.45, 7) is 1.92. The molecule has 0 aliphatic heterocycles. The van der Waals surface area contributed by atoms with E-state index in [9.17, 15) is 0 Å². The van der Waals surface area contributed by atoms with Crippen LogP contribution in [0.2, 0.25) is 0 Å². The van der Waals surface area contributed by atoms with Crippen LogP contribution < -0.4 is 5.32 Å². The molecule has 2 aromatic rings. The van der Waals surface area contributed by atoms with E-state index in [1.165, 1.54) is 12.8 Å². The number of anilines is 1. The van der Waals surface area contributed by atoms with Gasteiger partial charge in [0, 0.05) is 12.2 Å². The smallest absolute Gasteiger partial charge is 0.223 e. The summed E-state index contributed by atoms with van der Waals surface area (Å²) in [5, 5.41) is 3.27. The largest absolute Gasteiger partial charge is 0.460 e. The summed E-state index contributed by atoms with van der Waals surface area (Å²) in [6, 6.07) is 6.29. The van der Waals surface area contributed by atoms with E-state index in [-0.39, 0.29) is 0 Å². The zero-order valence-corrected chi connectivity index (χ0v) is 9.10. The van der Waals surface area contributed by atoms with Gasteiger partial charge in [-0.25, -0.2) is 9.97 Å². The molecule has 0 atom stereocenters. The molecule has 0 radical (unpaired) electrons. The Morgan fingerprint density at radius 2 is 2.19 bits per heavy atom. The molecular formula is C12H13N3O. The zero-order valence-electron chi connectivity index (χ0n) is 9.10. The van der Waals surface area contributed by atoms with E-state index in [4.69, 9.17) is 4.42 Å². The molecule has 0 unspecified atom stereocenters. The summed E-state index contributed by atoms with van der Waals surface area (Å²) in [4.78, 5) is 8.61. The number of hydrogen-bond acceptors (Lipinski definition) is 4. The monoisotopic (exact) mass is 215 g/mol. The molecule has 1 aliphatic carbocycles. The molecule has 1 N–H and O–H groups in total. The van der Waals surface area contributed by atoms with Gasteiger partial charge >= 0.3 is 0 Å². The van der Waals surface area contributed by atoms with Crippen LogP contribution in [0.5, 0.6) is 0 Å². The van der Waals surface area contributed by atoms with Crippen molar-refractivity contribution in [2.75, 3.05) is 5.32 Å². The van der Waals surface area contributed by atoms with E-state index in [0.29, 0.717) is 12.0 Å². The first kappa shape index (κ1) is 9.39. The maximum atomic E-state index is 5.53. The van der Waals surface area contributed by atoms with Crippen LogP contribution in [0.4, 0.5) is 5.95 Å². The SMILES string of the molecule is Cc1ccc(-c2ccnc(NC3CC3)n2)o1. The van der Waals surface area contributed by atoms with Crippen molar-refractivity contribution in [3.05, 3.63) is 30.2 Å². The van der Waals surface area contributed by atoms with Crippen LogP contribution in [-0.4, -0.2) is 16.0 Å². The predicted octanol–water partition coefficient (Wildman–Crippen LogP) is 2.62. The average Bonchev–Trinajstić information content (AvgIpc) is 2.98. The van der Waals surface area contributed by atoms with Gasteiger partial charge in [0.1, 0.15) is 11.5 Å². The second kappa shape index (κ2) is 3.63. The number of rotatable bonds is 3. The molecule has 0 spiro atoms. The van der Waals surface area contributed by atoms with Gasteiger partial charge in [-0.05, 0) is 38.0 Å². The molecule has 0 bridgehead atoms. The third-order valence-electron chi connectivity index (χ3n) is 2.56.